The van der Waals surface area contributed by atoms with Gasteiger partial charge in [-0.15, -0.1) is 0 Å². The van der Waals surface area contributed by atoms with Gasteiger partial charge >= 0.3 is 0 Å². The molecule has 18 heavy (non-hydrogen) atoms. The molecule has 0 N–H and O–H groups in total. The Bertz CT molecular complexity index is 540. The standard InChI is InChI=1S/C11H8Cl2N2OS2/c1-15(7-5-3-2-4-6-7)11(16)18-10-14-8(12)9(13)17-10/h2-6H,1H3. The van der Waals surface area contributed by atoms with Crippen molar-refractivity contribution >= 4 is 57.2 Å². The number of carbonyl (C=O) groups excluding carboxylic acids is 1. The molecular weight excluding hydrogens is 311 g/mol. The van der Waals surface area contributed by atoms with Gasteiger partial charge in [0.05, 0.1) is 0 Å². The minimum atomic E-state index is -0.136. The summed E-state index contributed by atoms with van der Waals surface area (Å²) >= 11 is 13.7. The van der Waals surface area contributed by atoms with Crippen LogP contribution in [0, 0.1) is 0 Å². The number of hydrogen-bond acceptors (Lipinski definition) is 4. The van der Waals surface area contributed by atoms with E-state index in [9.17, 15) is 4.79 Å². The number of halogens is 2. The van der Waals surface area contributed by atoms with Crippen LogP contribution >= 0.6 is 46.3 Å². The lowest BCUT2D eigenvalue weighted by atomic mass is 10.3. The molecule has 0 unspecified atom stereocenters. The zero-order chi connectivity index (χ0) is 13.1. The van der Waals surface area contributed by atoms with E-state index in [1.54, 1.807) is 11.9 Å². The summed E-state index contributed by atoms with van der Waals surface area (Å²) in [6.45, 7) is 0. The van der Waals surface area contributed by atoms with Crippen LogP contribution in [0.1, 0.15) is 0 Å². The van der Waals surface area contributed by atoms with Crippen LogP contribution in [0.15, 0.2) is 34.7 Å². The Balaban J connectivity index is 2.08. The lowest BCUT2D eigenvalue weighted by Crippen LogP contribution is -2.21. The highest BCUT2D eigenvalue weighted by Gasteiger charge is 2.16. The topological polar surface area (TPSA) is 33.2 Å². The molecule has 1 heterocycles. The number of carbonyl (C=O) groups is 1. The van der Waals surface area contributed by atoms with Gasteiger partial charge in [0.15, 0.2) is 9.49 Å². The first-order chi connectivity index (χ1) is 8.58. The van der Waals surface area contributed by atoms with Crippen molar-refractivity contribution in [1.82, 2.24) is 4.98 Å². The number of thioether (sulfide) groups is 1. The third kappa shape index (κ3) is 3.17. The molecule has 0 saturated carbocycles. The van der Waals surface area contributed by atoms with Crippen LogP contribution in [0.5, 0.6) is 0 Å². The van der Waals surface area contributed by atoms with E-state index in [4.69, 9.17) is 23.2 Å². The predicted molar refractivity (Wildman–Crippen MR) is 78.2 cm³/mol. The Morgan fingerprint density at radius 1 is 1.33 bits per heavy atom. The maximum Gasteiger partial charge on any atom is 0.292 e. The molecule has 0 aliphatic rings. The summed E-state index contributed by atoms with van der Waals surface area (Å²) < 4.78 is 0.937. The summed E-state index contributed by atoms with van der Waals surface area (Å²) in [7, 11) is 1.71. The number of benzene rings is 1. The molecule has 1 aromatic carbocycles. The molecule has 0 aliphatic heterocycles. The quantitative estimate of drug-likeness (QED) is 0.746. The van der Waals surface area contributed by atoms with Gasteiger partial charge in [-0.05, 0) is 12.1 Å². The van der Waals surface area contributed by atoms with Crippen molar-refractivity contribution in [3.05, 3.63) is 39.8 Å². The van der Waals surface area contributed by atoms with Gasteiger partial charge in [0.2, 0.25) is 0 Å². The summed E-state index contributed by atoms with van der Waals surface area (Å²) in [4.78, 5) is 17.5. The second kappa shape index (κ2) is 5.93. The molecule has 0 bridgehead atoms. The van der Waals surface area contributed by atoms with Crippen molar-refractivity contribution in [2.75, 3.05) is 11.9 Å². The number of thiazole rings is 1. The van der Waals surface area contributed by atoms with E-state index in [0.717, 1.165) is 17.4 Å². The molecule has 1 amide bonds. The maximum absolute atomic E-state index is 12.0. The fourth-order valence-corrected chi connectivity index (χ4v) is 3.49. The van der Waals surface area contributed by atoms with Crippen LogP contribution in [0.2, 0.25) is 9.49 Å². The zero-order valence-corrected chi connectivity index (χ0v) is 12.4. The summed E-state index contributed by atoms with van der Waals surface area (Å²) in [6, 6.07) is 9.37. The summed E-state index contributed by atoms with van der Waals surface area (Å²) in [6.07, 6.45) is 0. The van der Waals surface area contributed by atoms with E-state index in [0.29, 0.717) is 8.68 Å². The van der Waals surface area contributed by atoms with Gasteiger partial charge in [-0.3, -0.25) is 4.79 Å². The molecule has 0 spiro atoms. The van der Waals surface area contributed by atoms with Gasteiger partial charge in [0, 0.05) is 24.5 Å². The largest absolute Gasteiger partial charge is 0.306 e. The van der Waals surface area contributed by atoms with Crippen LogP contribution in [0.3, 0.4) is 0 Å². The molecule has 0 saturated heterocycles. The monoisotopic (exact) mass is 318 g/mol. The van der Waals surface area contributed by atoms with Crippen LogP contribution in [0.25, 0.3) is 0 Å². The second-order valence-electron chi connectivity index (χ2n) is 3.31. The number of hydrogen-bond donors (Lipinski definition) is 0. The Labute approximate surface area is 123 Å². The lowest BCUT2D eigenvalue weighted by molar-refractivity contribution is 0.266. The first-order valence-electron chi connectivity index (χ1n) is 4.90. The Hall–Kier alpha value is -0.750. The number of aromatic nitrogens is 1. The van der Waals surface area contributed by atoms with Gasteiger partial charge in [0.25, 0.3) is 5.24 Å². The Morgan fingerprint density at radius 3 is 2.56 bits per heavy atom. The molecule has 1 aromatic heterocycles. The van der Waals surface area contributed by atoms with Crippen molar-refractivity contribution < 1.29 is 4.79 Å². The van der Waals surface area contributed by atoms with Gasteiger partial charge in [-0.25, -0.2) is 4.98 Å². The van der Waals surface area contributed by atoms with E-state index >= 15 is 0 Å². The van der Waals surface area contributed by atoms with Crippen LogP contribution in [0.4, 0.5) is 10.5 Å². The van der Waals surface area contributed by atoms with Crippen LogP contribution < -0.4 is 4.90 Å². The molecule has 94 valence electrons. The molecule has 7 heteroatoms. The lowest BCUT2D eigenvalue weighted by Gasteiger charge is -2.15. The molecule has 2 aromatic rings. The predicted octanol–water partition coefficient (Wildman–Crippen LogP) is 4.80. The van der Waals surface area contributed by atoms with Gasteiger partial charge in [-0.1, -0.05) is 52.7 Å². The molecule has 0 radical (unpaired) electrons. The van der Waals surface area contributed by atoms with E-state index in [2.05, 4.69) is 4.98 Å². The molecule has 0 atom stereocenters. The number of nitrogens with zero attached hydrogens (tertiary/aromatic N) is 2. The van der Waals surface area contributed by atoms with Gasteiger partial charge in [0.1, 0.15) is 4.34 Å². The first-order valence-corrected chi connectivity index (χ1v) is 7.29. The number of amides is 1. The number of anilines is 1. The Morgan fingerprint density at radius 2 is 2.00 bits per heavy atom. The maximum atomic E-state index is 12.0. The molecule has 0 aliphatic carbocycles. The van der Waals surface area contributed by atoms with E-state index in [1.807, 2.05) is 30.3 Å². The van der Waals surface area contributed by atoms with Gasteiger partial charge < -0.3 is 4.90 Å². The summed E-state index contributed by atoms with van der Waals surface area (Å²) in [5.41, 5.74) is 0.823. The zero-order valence-electron chi connectivity index (χ0n) is 9.26. The van der Waals surface area contributed by atoms with E-state index in [1.165, 1.54) is 11.3 Å². The number of rotatable bonds is 2. The van der Waals surface area contributed by atoms with Crippen molar-refractivity contribution in [1.29, 1.82) is 0 Å². The molecule has 2 rings (SSSR count). The van der Waals surface area contributed by atoms with Crippen molar-refractivity contribution in [3.8, 4) is 0 Å². The van der Waals surface area contributed by atoms with E-state index in [-0.39, 0.29) is 10.4 Å². The van der Waals surface area contributed by atoms with Crippen LogP contribution in [-0.4, -0.2) is 17.3 Å². The van der Waals surface area contributed by atoms with Crippen molar-refractivity contribution in [2.24, 2.45) is 0 Å². The normalized spacial score (nSPS) is 10.4. The average Bonchev–Trinajstić information content (AvgIpc) is 2.68. The first kappa shape index (κ1) is 13.7. The average molecular weight is 319 g/mol. The third-order valence-electron chi connectivity index (χ3n) is 2.12. The Kier molecular flexibility index (Phi) is 4.50. The van der Waals surface area contributed by atoms with Gasteiger partial charge in [-0.2, -0.15) is 0 Å². The highest BCUT2D eigenvalue weighted by Crippen LogP contribution is 2.35. The highest BCUT2D eigenvalue weighted by molar-refractivity contribution is 8.15. The molecule has 0 fully saturated rings. The SMILES string of the molecule is CN(C(=O)Sc1nc(Cl)c(Cl)s1)c1ccccc1. The smallest absolute Gasteiger partial charge is 0.292 e. The highest BCUT2D eigenvalue weighted by atomic mass is 35.5. The third-order valence-corrected chi connectivity index (χ3v) is 4.87. The van der Waals surface area contributed by atoms with E-state index < -0.39 is 0 Å². The molecular formula is C11H8Cl2N2OS2. The van der Waals surface area contributed by atoms with Crippen molar-refractivity contribution in [3.63, 3.8) is 0 Å². The molecule has 3 nitrogen and oxygen atoms in total. The van der Waals surface area contributed by atoms with Crippen molar-refractivity contribution in [2.45, 2.75) is 4.34 Å². The second-order valence-corrected chi connectivity index (χ2v) is 6.46. The summed E-state index contributed by atoms with van der Waals surface area (Å²) in [5.74, 6) is 0. The minimum absolute atomic E-state index is 0.136. The number of para-hydroxylation sites is 1. The minimum Gasteiger partial charge on any atom is -0.306 e. The summed E-state index contributed by atoms with van der Waals surface area (Å²) in [5, 5.41) is 0.0996. The fraction of sp³-hybridized carbons (Fsp3) is 0.0909. The van der Waals surface area contributed by atoms with Crippen LogP contribution in [-0.2, 0) is 0 Å². The fourth-order valence-electron chi connectivity index (χ4n) is 1.21.